The highest BCUT2D eigenvalue weighted by Crippen LogP contribution is 2.46. The van der Waals surface area contributed by atoms with Gasteiger partial charge >= 0.3 is 0 Å². The van der Waals surface area contributed by atoms with Crippen molar-refractivity contribution in [2.24, 2.45) is 0 Å². The van der Waals surface area contributed by atoms with Crippen molar-refractivity contribution >= 4 is 10.0 Å². The molecule has 4 nitrogen and oxygen atoms in total. The van der Waals surface area contributed by atoms with Gasteiger partial charge in [-0.05, 0) is 72.9 Å². The molecule has 5 rings (SSSR count). The molecule has 0 aromatic heterocycles. The lowest BCUT2D eigenvalue weighted by Crippen LogP contribution is -2.43. The third-order valence-corrected chi connectivity index (χ3v) is 9.73. The van der Waals surface area contributed by atoms with E-state index in [1.54, 1.807) is 16.4 Å². The molecule has 3 aromatic rings. The van der Waals surface area contributed by atoms with Gasteiger partial charge in [-0.3, -0.25) is 0 Å². The van der Waals surface area contributed by atoms with Gasteiger partial charge in [0.15, 0.2) is 0 Å². The Hall–Kier alpha value is -2.73. The Bertz CT molecular complexity index is 1400. The first kappa shape index (κ1) is 26.9. The smallest absolute Gasteiger partial charge is 0.244 e. The van der Waals surface area contributed by atoms with Crippen LogP contribution in [-0.2, 0) is 15.4 Å². The SMILES string of the molecule is Cc1ccc(C2CC=C(CNC3CC3)C(c3ccc(C(C)(C)C)cc3)N2S(=O)(=O)c2ccc(C)cc2)cc1. The van der Waals surface area contributed by atoms with Crippen LogP contribution in [0.1, 0.15) is 79.9 Å². The summed E-state index contributed by atoms with van der Waals surface area (Å²) in [6.07, 6.45) is 5.31. The number of nitrogens with one attached hydrogen (secondary N) is 1. The van der Waals surface area contributed by atoms with Gasteiger partial charge in [0.2, 0.25) is 10.0 Å². The maximum absolute atomic E-state index is 14.5. The van der Waals surface area contributed by atoms with Crippen LogP contribution in [0.3, 0.4) is 0 Å². The van der Waals surface area contributed by atoms with E-state index in [9.17, 15) is 8.42 Å². The van der Waals surface area contributed by atoms with E-state index < -0.39 is 10.0 Å². The van der Waals surface area contributed by atoms with Gasteiger partial charge in [-0.1, -0.05) is 98.6 Å². The van der Waals surface area contributed by atoms with Gasteiger partial charge in [0.25, 0.3) is 0 Å². The van der Waals surface area contributed by atoms with Gasteiger partial charge in [0.05, 0.1) is 17.0 Å². The average molecular weight is 529 g/mol. The molecule has 5 heteroatoms. The zero-order valence-corrected chi connectivity index (χ0v) is 24.1. The maximum Gasteiger partial charge on any atom is 0.244 e. The molecule has 2 unspecified atom stereocenters. The Balaban J connectivity index is 1.66. The number of nitrogens with zero attached hydrogens (tertiary/aromatic N) is 1. The van der Waals surface area contributed by atoms with E-state index in [1.807, 2.05) is 19.1 Å². The minimum absolute atomic E-state index is 0.0232. The summed E-state index contributed by atoms with van der Waals surface area (Å²) in [5, 5.41) is 3.65. The highest BCUT2D eigenvalue weighted by atomic mass is 32.2. The van der Waals surface area contributed by atoms with Crippen LogP contribution in [0, 0.1) is 13.8 Å². The third kappa shape index (κ3) is 5.66. The largest absolute Gasteiger partial charge is 0.310 e. The second-order valence-electron chi connectivity index (χ2n) is 12.0. The molecule has 3 aromatic carbocycles. The normalized spacial score (nSPS) is 20.8. The fraction of sp³-hybridized carbons (Fsp3) is 0.394. The molecule has 1 heterocycles. The summed E-state index contributed by atoms with van der Waals surface area (Å²) in [6.45, 7) is 11.3. The molecule has 1 aliphatic carbocycles. The third-order valence-electron chi connectivity index (χ3n) is 7.84. The summed E-state index contributed by atoms with van der Waals surface area (Å²) in [6, 6.07) is 24.0. The number of hydrogen-bond donors (Lipinski definition) is 1. The molecule has 1 N–H and O–H groups in total. The van der Waals surface area contributed by atoms with Crippen LogP contribution in [0.2, 0.25) is 0 Å². The molecule has 2 atom stereocenters. The van der Waals surface area contributed by atoms with E-state index in [0.29, 0.717) is 23.9 Å². The first-order chi connectivity index (χ1) is 18.0. The van der Waals surface area contributed by atoms with Crippen molar-refractivity contribution in [1.29, 1.82) is 0 Å². The summed E-state index contributed by atoms with van der Waals surface area (Å²) in [7, 11) is -3.81. The average Bonchev–Trinajstić information content (AvgIpc) is 3.72. The Morgan fingerprint density at radius 2 is 1.37 bits per heavy atom. The lowest BCUT2D eigenvalue weighted by molar-refractivity contribution is 0.257. The van der Waals surface area contributed by atoms with E-state index >= 15 is 0 Å². The van der Waals surface area contributed by atoms with Gasteiger partial charge in [0, 0.05) is 12.6 Å². The predicted molar refractivity (Wildman–Crippen MR) is 156 cm³/mol. The van der Waals surface area contributed by atoms with Crippen molar-refractivity contribution < 1.29 is 8.42 Å². The fourth-order valence-electron chi connectivity index (χ4n) is 5.28. The molecule has 0 bridgehead atoms. The predicted octanol–water partition coefficient (Wildman–Crippen LogP) is 7.16. The van der Waals surface area contributed by atoms with Crippen LogP contribution in [0.5, 0.6) is 0 Å². The van der Waals surface area contributed by atoms with Crippen molar-refractivity contribution in [3.05, 3.63) is 112 Å². The molecule has 200 valence electrons. The zero-order valence-electron chi connectivity index (χ0n) is 23.2. The summed E-state index contributed by atoms with van der Waals surface area (Å²) >= 11 is 0. The second-order valence-corrected chi connectivity index (χ2v) is 13.9. The molecule has 0 saturated heterocycles. The molecule has 1 fully saturated rings. The molecule has 2 aliphatic rings. The van der Waals surface area contributed by atoms with Crippen molar-refractivity contribution in [2.75, 3.05) is 6.54 Å². The Labute approximate surface area is 228 Å². The second kappa shape index (κ2) is 10.4. The van der Waals surface area contributed by atoms with Gasteiger partial charge in [-0.15, -0.1) is 0 Å². The van der Waals surface area contributed by atoms with Crippen LogP contribution in [0.15, 0.2) is 89.3 Å². The minimum Gasteiger partial charge on any atom is -0.310 e. The number of rotatable bonds is 7. The van der Waals surface area contributed by atoms with Crippen molar-refractivity contribution in [3.8, 4) is 0 Å². The highest BCUT2D eigenvalue weighted by Gasteiger charge is 2.43. The van der Waals surface area contributed by atoms with Crippen LogP contribution >= 0.6 is 0 Å². The van der Waals surface area contributed by atoms with Crippen LogP contribution in [-0.4, -0.2) is 25.3 Å². The molecule has 0 radical (unpaired) electrons. The van der Waals surface area contributed by atoms with E-state index in [4.69, 9.17) is 0 Å². The molecule has 38 heavy (non-hydrogen) atoms. The van der Waals surface area contributed by atoms with E-state index in [0.717, 1.165) is 27.8 Å². The summed E-state index contributed by atoms with van der Waals surface area (Å²) < 4.78 is 30.9. The van der Waals surface area contributed by atoms with E-state index in [1.165, 1.54) is 18.4 Å². The summed E-state index contributed by atoms with van der Waals surface area (Å²) in [5.41, 5.74) is 6.62. The monoisotopic (exact) mass is 528 g/mol. The lowest BCUT2D eigenvalue weighted by Gasteiger charge is -2.42. The summed E-state index contributed by atoms with van der Waals surface area (Å²) in [4.78, 5) is 0.341. The topological polar surface area (TPSA) is 49.4 Å². The van der Waals surface area contributed by atoms with Gasteiger partial charge in [-0.25, -0.2) is 8.42 Å². The number of hydrogen-bond acceptors (Lipinski definition) is 3. The van der Waals surface area contributed by atoms with Crippen LogP contribution < -0.4 is 5.32 Å². The van der Waals surface area contributed by atoms with Crippen molar-refractivity contribution in [3.63, 3.8) is 0 Å². The molecular weight excluding hydrogens is 488 g/mol. The fourth-order valence-corrected chi connectivity index (χ4v) is 7.08. The highest BCUT2D eigenvalue weighted by molar-refractivity contribution is 7.89. The molecule has 0 amide bonds. The number of benzene rings is 3. The van der Waals surface area contributed by atoms with Gasteiger partial charge < -0.3 is 5.32 Å². The maximum atomic E-state index is 14.5. The van der Waals surface area contributed by atoms with E-state index in [2.05, 4.69) is 87.6 Å². The molecular formula is C33H40N2O2S. The van der Waals surface area contributed by atoms with Crippen LogP contribution in [0.4, 0.5) is 0 Å². The molecule has 1 saturated carbocycles. The number of sulfonamides is 1. The van der Waals surface area contributed by atoms with Gasteiger partial charge in [-0.2, -0.15) is 4.31 Å². The molecule has 0 spiro atoms. The number of aryl methyl sites for hydroxylation is 2. The quantitative estimate of drug-likeness (QED) is 0.331. The van der Waals surface area contributed by atoms with Crippen molar-refractivity contribution in [2.45, 2.75) is 82.3 Å². The Kier molecular flexibility index (Phi) is 7.38. The van der Waals surface area contributed by atoms with Crippen LogP contribution in [0.25, 0.3) is 0 Å². The van der Waals surface area contributed by atoms with E-state index in [-0.39, 0.29) is 17.5 Å². The summed E-state index contributed by atoms with van der Waals surface area (Å²) in [5.74, 6) is 0. The van der Waals surface area contributed by atoms with Gasteiger partial charge in [0.1, 0.15) is 0 Å². The first-order valence-electron chi connectivity index (χ1n) is 13.7. The van der Waals surface area contributed by atoms with Crippen molar-refractivity contribution in [1.82, 2.24) is 9.62 Å². The Morgan fingerprint density at radius 1 is 0.816 bits per heavy atom. The lowest BCUT2D eigenvalue weighted by atomic mass is 9.84. The zero-order chi connectivity index (χ0) is 27.1. The Morgan fingerprint density at radius 3 is 1.92 bits per heavy atom. The first-order valence-corrected chi connectivity index (χ1v) is 15.2. The standard InChI is InChI=1S/C33H40N2O2S/c1-23-6-10-25(11-7-23)31-21-14-27(22-34-29-17-18-29)32(26-12-15-28(16-13-26)33(3,4)5)35(31)38(36,37)30-19-8-24(2)9-20-30/h6-16,19-20,29,31-32,34H,17-18,21-22H2,1-5H3. The molecule has 1 aliphatic heterocycles. The minimum atomic E-state index is -3.81.